The van der Waals surface area contributed by atoms with E-state index in [-0.39, 0.29) is 15.8 Å². The van der Waals surface area contributed by atoms with E-state index in [0.29, 0.717) is 0 Å². The SMILES string of the molecule is CP(C)c1ccc(-c2ccc(P(C)C)cc2)cc1. The zero-order valence-corrected chi connectivity index (χ0v) is 13.3. The number of benzene rings is 2. The second kappa shape index (κ2) is 5.96. The van der Waals surface area contributed by atoms with Gasteiger partial charge in [0.25, 0.3) is 0 Å². The lowest BCUT2D eigenvalue weighted by molar-refractivity contribution is 1.66. The predicted octanol–water partition coefficient (Wildman–Crippen LogP) is 4.09. The van der Waals surface area contributed by atoms with Gasteiger partial charge in [0.1, 0.15) is 0 Å². The second-order valence-electron chi connectivity index (χ2n) is 4.88. The summed E-state index contributed by atoms with van der Waals surface area (Å²) in [6, 6.07) is 18.0. The van der Waals surface area contributed by atoms with Gasteiger partial charge >= 0.3 is 0 Å². The van der Waals surface area contributed by atoms with Crippen LogP contribution < -0.4 is 10.6 Å². The van der Waals surface area contributed by atoms with Gasteiger partial charge in [-0.2, -0.15) is 0 Å². The van der Waals surface area contributed by atoms with Crippen LogP contribution in [-0.4, -0.2) is 26.7 Å². The van der Waals surface area contributed by atoms with Crippen LogP contribution in [0.5, 0.6) is 0 Å². The summed E-state index contributed by atoms with van der Waals surface area (Å²) in [5, 5.41) is 2.94. The average Bonchev–Trinajstić information content (AvgIpc) is 2.39. The van der Waals surface area contributed by atoms with Crippen LogP contribution in [0, 0.1) is 0 Å². The first-order valence-corrected chi connectivity index (χ1v) is 10.6. The molecule has 0 N–H and O–H groups in total. The van der Waals surface area contributed by atoms with E-state index in [1.165, 1.54) is 21.7 Å². The molecule has 0 aliphatic heterocycles. The molecule has 0 heterocycles. The third kappa shape index (κ3) is 3.19. The number of hydrogen-bond acceptors (Lipinski definition) is 0. The van der Waals surface area contributed by atoms with Crippen molar-refractivity contribution in [2.45, 2.75) is 0 Å². The molecular formula is C16H20P2. The van der Waals surface area contributed by atoms with Crippen molar-refractivity contribution in [1.29, 1.82) is 0 Å². The Morgan fingerprint density at radius 3 is 1.00 bits per heavy atom. The van der Waals surface area contributed by atoms with Crippen molar-refractivity contribution in [3.8, 4) is 11.1 Å². The zero-order chi connectivity index (χ0) is 13.1. The molecular weight excluding hydrogens is 254 g/mol. The lowest BCUT2D eigenvalue weighted by Crippen LogP contribution is -1.99. The minimum Gasteiger partial charge on any atom is -0.0817 e. The van der Waals surface area contributed by atoms with E-state index < -0.39 is 0 Å². The molecule has 2 aromatic carbocycles. The van der Waals surface area contributed by atoms with E-state index in [1.54, 1.807) is 0 Å². The Balaban J connectivity index is 2.25. The minimum atomic E-state index is 0.0119. The summed E-state index contributed by atoms with van der Waals surface area (Å²) < 4.78 is 0. The molecule has 0 unspecified atom stereocenters. The van der Waals surface area contributed by atoms with Gasteiger partial charge in [-0.3, -0.25) is 0 Å². The third-order valence-corrected chi connectivity index (χ3v) is 5.76. The molecule has 0 aliphatic rings. The van der Waals surface area contributed by atoms with E-state index in [9.17, 15) is 0 Å². The summed E-state index contributed by atoms with van der Waals surface area (Å²) in [4.78, 5) is 0. The molecule has 0 atom stereocenters. The van der Waals surface area contributed by atoms with E-state index in [0.717, 1.165) is 0 Å². The Morgan fingerprint density at radius 1 is 0.500 bits per heavy atom. The van der Waals surface area contributed by atoms with Crippen molar-refractivity contribution in [3.63, 3.8) is 0 Å². The molecule has 0 saturated heterocycles. The molecule has 18 heavy (non-hydrogen) atoms. The summed E-state index contributed by atoms with van der Waals surface area (Å²) in [5.74, 6) is 0. The van der Waals surface area contributed by atoms with Crippen molar-refractivity contribution in [2.24, 2.45) is 0 Å². The molecule has 0 aromatic heterocycles. The van der Waals surface area contributed by atoms with Crippen LogP contribution in [0.3, 0.4) is 0 Å². The molecule has 0 bridgehead atoms. The van der Waals surface area contributed by atoms with Gasteiger partial charge in [-0.1, -0.05) is 64.4 Å². The van der Waals surface area contributed by atoms with Crippen molar-refractivity contribution in [3.05, 3.63) is 48.5 Å². The van der Waals surface area contributed by atoms with Crippen molar-refractivity contribution >= 4 is 26.5 Å². The first-order chi connectivity index (χ1) is 8.58. The molecule has 0 nitrogen and oxygen atoms in total. The highest BCUT2D eigenvalue weighted by Crippen LogP contribution is 2.27. The van der Waals surface area contributed by atoms with Crippen LogP contribution in [0.2, 0.25) is 0 Å². The van der Waals surface area contributed by atoms with Crippen LogP contribution in [0.4, 0.5) is 0 Å². The Bertz CT molecular complexity index is 446. The molecule has 0 saturated carbocycles. The first-order valence-electron chi connectivity index (χ1n) is 6.13. The van der Waals surface area contributed by atoms with Crippen LogP contribution in [0.15, 0.2) is 48.5 Å². The third-order valence-electron chi connectivity index (χ3n) is 3.10. The number of hydrogen-bond donors (Lipinski definition) is 0. The topological polar surface area (TPSA) is 0 Å². The Hall–Kier alpha value is -0.700. The van der Waals surface area contributed by atoms with Crippen LogP contribution in [0.1, 0.15) is 0 Å². The Labute approximate surface area is 113 Å². The molecule has 94 valence electrons. The highest BCUT2D eigenvalue weighted by atomic mass is 31.1. The van der Waals surface area contributed by atoms with Gasteiger partial charge in [-0.05, 0) is 48.4 Å². The maximum Gasteiger partial charge on any atom is -0.0184 e. The highest BCUT2D eigenvalue weighted by Gasteiger charge is 2.02. The summed E-state index contributed by atoms with van der Waals surface area (Å²) in [7, 11) is 0.0239. The molecule has 2 rings (SSSR count). The van der Waals surface area contributed by atoms with Gasteiger partial charge in [-0.15, -0.1) is 0 Å². The van der Waals surface area contributed by atoms with Crippen LogP contribution >= 0.6 is 15.8 Å². The first kappa shape index (κ1) is 13.7. The molecule has 0 radical (unpaired) electrons. The molecule has 2 heteroatoms. The van der Waals surface area contributed by atoms with E-state index >= 15 is 0 Å². The van der Waals surface area contributed by atoms with Gasteiger partial charge in [0, 0.05) is 0 Å². The fraction of sp³-hybridized carbons (Fsp3) is 0.250. The monoisotopic (exact) mass is 274 g/mol. The summed E-state index contributed by atoms with van der Waals surface area (Å²) in [5.41, 5.74) is 2.64. The summed E-state index contributed by atoms with van der Waals surface area (Å²) >= 11 is 0. The average molecular weight is 274 g/mol. The maximum absolute atomic E-state index is 2.30. The van der Waals surface area contributed by atoms with Crippen molar-refractivity contribution < 1.29 is 0 Å². The molecule has 2 aromatic rings. The smallest absolute Gasteiger partial charge is 0.0184 e. The van der Waals surface area contributed by atoms with Gasteiger partial charge in [0.2, 0.25) is 0 Å². The predicted molar refractivity (Wildman–Crippen MR) is 88.7 cm³/mol. The highest BCUT2D eigenvalue weighted by molar-refractivity contribution is 7.64. The maximum atomic E-state index is 2.30. The fourth-order valence-electron chi connectivity index (χ4n) is 1.90. The van der Waals surface area contributed by atoms with Crippen molar-refractivity contribution in [1.82, 2.24) is 0 Å². The molecule has 0 spiro atoms. The van der Waals surface area contributed by atoms with Gasteiger partial charge in [0.05, 0.1) is 0 Å². The largest absolute Gasteiger partial charge is 0.0817 e. The Kier molecular flexibility index (Phi) is 4.55. The van der Waals surface area contributed by atoms with Crippen LogP contribution in [-0.2, 0) is 0 Å². The van der Waals surface area contributed by atoms with Crippen molar-refractivity contribution in [2.75, 3.05) is 26.7 Å². The van der Waals surface area contributed by atoms with Gasteiger partial charge < -0.3 is 0 Å². The van der Waals surface area contributed by atoms with Gasteiger partial charge in [0.15, 0.2) is 0 Å². The number of rotatable bonds is 3. The zero-order valence-electron chi connectivity index (χ0n) is 11.5. The molecule has 0 fully saturated rings. The summed E-state index contributed by atoms with van der Waals surface area (Å²) in [6.45, 7) is 9.18. The lowest BCUT2D eigenvalue weighted by Gasteiger charge is -2.09. The van der Waals surface area contributed by atoms with Crippen LogP contribution in [0.25, 0.3) is 11.1 Å². The standard InChI is InChI=1S/C16H20P2/c1-17(2)15-9-5-13(6-10-15)14-7-11-16(12-8-14)18(3)4/h5-12H,1-4H3. The fourth-order valence-corrected chi connectivity index (χ4v) is 3.39. The molecule has 0 aliphatic carbocycles. The van der Waals surface area contributed by atoms with E-state index in [2.05, 4.69) is 75.2 Å². The van der Waals surface area contributed by atoms with E-state index in [1.807, 2.05) is 0 Å². The normalized spacial score (nSPS) is 11.2. The summed E-state index contributed by atoms with van der Waals surface area (Å²) in [6.07, 6.45) is 0. The minimum absolute atomic E-state index is 0.0119. The molecule has 0 amide bonds. The second-order valence-corrected chi connectivity index (χ2v) is 9.49. The van der Waals surface area contributed by atoms with Gasteiger partial charge in [-0.25, -0.2) is 0 Å². The quantitative estimate of drug-likeness (QED) is 0.740. The lowest BCUT2D eigenvalue weighted by atomic mass is 10.1. The van der Waals surface area contributed by atoms with E-state index in [4.69, 9.17) is 0 Å². The Morgan fingerprint density at radius 2 is 0.778 bits per heavy atom.